The fourth-order valence-corrected chi connectivity index (χ4v) is 2.08. The summed E-state index contributed by atoms with van der Waals surface area (Å²) in [7, 11) is 2.00. The van der Waals surface area contributed by atoms with Crippen molar-refractivity contribution in [3.8, 4) is 0 Å². The van der Waals surface area contributed by atoms with Crippen LogP contribution in [0.4, 0.5) is 5.69 Å². The van der Waals surface area contributed by atoms with Gasteiger partial charge in [0.2, 0.25) is 0 Å². The minimum atomic E-state index is -0.470. The van der Waals surface area contributed by atoms with Crippen LogP contribution in [0, 0.1) is 6.92 Å². The Morgan fingerprint density at radius 1 is 1.22 bits per heavy atom. The Balaban J connectivity index is 2.20. The minimum absolute atomic E-state index is 0.470. The topological polar surface area (TPSA) is 36.6 Å². The van der Waals surface area contributed by atoms with Crippen molar-refractivity contribution >= 4 is 5.69 Å². The summed E-state index contributed by atoms with van der Waals surface area (Å²) in [5.74, 6) is 1.85. The van der Waals surface area contributed by atoms with E-state index in [-0.39, 0.29) is 0 Å². The molecule has 0 aliphatic rings. The summed E-state index contributed by atoms with van der Waals surface area (Å²) in [6.45, 7) is 4.41. The quantitative estimate of drug-likeness (QED) is 0.898. The molecule has 0 aliphatic carbocycles. The van der Waals surface area contributed by atoms with Gasteiger partial charge in [-0.25, -0.2) is 0 Å². The lowest BCUT2D eigenvalue weighted by molar-refractivity contribution is 0.199. The van der Waals surface area contributed by atoms with E-state index in [9.17, 15) is 5.11 Å². The summed E-state index contributed by atoms with van der Waals surface area (Å²) in [6, 6.07) is 11.8. The van der Waals surface area contributed by atoms with Crippen molar-refractivity contribution in [2.45, 2.75) is 26.5 Å². The second-order valence-corrected chi connectivity index (χ2v) is 4.60. The largest absolute Gasteiger partial charge is 0.464 e. The molecule has 0 unspecified atom stereocenters. The molecule has 1 N–H and O–H groups in total. The van der Waals surface area contributed by atoms with Gasteiger partial charge in [-0.1, -0.05) is 18.2 Å². The predicted octanol–water partition coefficient (Wildman–Crippen LogP) is 3.28. The first-order valence-electron chi connectivity index (χ1n) is 6.11. The zero-order valence-corrected chi connectivity index (χ0v) is 11.1. The van der Waals surface area contributed by atoms with Crippen LogP contribution >= 0.6 is 0 Å². The van der Waals surface area contributed by atoms with Crippen molar-refractivity contribution < 1.29 is 9.52 Å². The number of anilines is 1. The first-order chi connectivity index (χ1) is 8.58. The van der Waals surface area contributed by atoms with Crippen molar-refractivity contribution in [2.24, 2.45) is 0 Å². The van der Waals surface area contributed by atoms with Crippen LogP contribution in [0.15, 0.2) is 40.8 Å². The van der Waals surface area contributed by atoms with Crippen molar-refractivity contribution in [2.75, 3.05) is 11.9 Å². The smallest absolute Gasteiger partial charge is 0.123 e. The molecule has 3 nitrogen and oxygen atoms in total. The molecule has 1 aromatic heterocycles. The molecule has 2 rings (SSSR count). The SMILES string of the molecule is Cc1ccc(CN(C)c2ccccc2[C@@H](C)O)o1. The maximum atomic E-state index is 9.77. The van der Waals surface area contributed by atoms with E-state index in [1.54, 1.807) is 6.92 Å². The normalized spacial score (nSPS) is 12.4. The van der Waals surface area contributed by atoms with Crippen molar-refractivity contribution in [1.82, 2.24) is 0 Å². The summed E-state index contributed by atoms with van der Waals surface area (Å²) in [4.78, 5) is 2.08. The Morgan fingerprint density at radius 3 is 2.56 bits per heavy atom. The molecule has 96 valence electrons. The highest BCUT2D eigenvalue weighted by Crippen LogP contribution is 2.26. The van der Waals surface area contributed by atoms with Crippen LogP contribution in [0.25, 0.3) is 0 Å². The van der Waals surface area contributed by atoms with Crippen molar-refractivity contribution in [1.29, 1.82) is 0 Å². The van der Waals surface area contributed by atoms with Gasteiger partial charge >= 0.3 is 0 Å². The lowest BCUT2D eigenvalue weighted by Gasteiger charge is -2.22. The van der Waals surface area contributed by atoms with Gasteiger partial charge in [0.1, 0.15) is 11.5 Å². The zero-order valence-electron chi connectivity index (χ0n) is 11.1. The summed E-state index contributed by atoms with van der Waals surface area (Å²) in [5, 5.41) is 9.77. The molecule has 3 heteroatoms. The molecular formula is C15H19NO2. The first kappa shape index (κ1) is 12.7. The van der Waals surface area contributed by atoms with Crippen LogP contribution in [0.5, 0.6) is 0 Å². The van der Waals surface area contributed by atoms with Crippen LogP contribution in [0.2, 0.25) is 0 Å². The van der Waals surface area contributed by atoms with E-state index in [0.29, 0.717) is 6.54 Å². The summed E-state index contributed by atoms with van der Waals surface area (Å²) >= 11 is 0. The molecule has 18 heavy (non-hydrogen) atoms. The standard InChI is InChI=1S/C15H19NO2/c1-11-8-9-13(18-11)10-16(3)15-7-5-4-6-14(15)12(2)17/h4-9,12,17H,10H2,1-3H3/t12-/m1/s1. The molecule has 0 amide bonds. The van der Waals surface area contributed by atoms with Gasteiger partial charge in [-0.3, -0.25) is 0 Å². The Kier molecular flexibility index (Phi) is 3.72. The maximum absolute atomic E-state index is 9.77. The third kappa shape index (κ3) is 2.74. The summed E-state index contributed by atoms with van der Waals surface area (Å²) in [5.41, 5.74) is 1.96. The molecule has 0 spiro atoms. The third-order valence-corrected chi connectivity index (χ3v) is 2.99. The van der Waals surface area contributed by atoms with Crippen LogP contribution in [0.3, 0.4) is 0 Å². The molecule has 2 aromatic rings. The fourth-order valence-electron chi connectivity index (χ4n) is 2.08. The van der Waals surface area contributed by atoms with Gasteiger partial charge in [-0.2, -0.15) is 0 Å². The van der Waals surface area contributed by atoms with E-state index >= 15 is 0 Å². The monoisotopic (exact) mass is 245 g/mol. The highest BCUT2D eigenvalue weighted by atomic mass is 16.3. The summed E-state index contributed by atoms with van der Waals surface area (Å²) in [6.07, 6.45) is -0.470. The Hall–Kier alpha value is -1.74. The van der Waals surface area contributed by atoms with Crippen LogP contribution < -0.4 is 4.90 Å². The number of para-hydroxylation sites is 1. The van der Waals surface area contributed by atoms with Crippen LogP contribution in [-0.2, 0) is 6.54 Å². The number of aliphatic hydroxyl groups is 1. The average molecular weight is 245 g/mol. The van der Waals surface area contributed by atoms with Gasteiger partial charge < -0.3 is 14.4 Å². The molecule has 0 aliphatic heterocycles. The molecule has 1 heterocycles. The molecule has 0 fully saturated rings. The molecule has 0 saturated carbocycles. The van der Waals surface area contributed by atoms with E-state index in [4.69, 9.17) is 4.42 Å². The van der Waals surface area contributed by atoms with E-state index in [1.807, 2.05) is 50.4 Å². The number of furan rings is 1. The number of hydrogen-bond acceptors (Lipinski definition) is 3. The van der Waals surface area contributed by atoms with Crippen LogP contribution in [-0.4, -0.2) is 12.2 Å². The van der Waals surface area contributed by atoms with Gasteiger partial charge in [0.25, 0.3) is 0 Å². The molecule has 0 saturated heterocycles. The highest BCUT2D eigenvalue weighted by Gasteiger charge is 2.12. The molecule has 1 aromatic carbocycles. The van der Waals surface area contributed by atoms with Gasteiger partial charge in [0.05, 0.1) is 12.6 Å². The number of benzene rings is 1. The van der Waals surface area contributed by atoms with Crippen molar-refractivity contribution in [3.05, 3.63) is 53.5 Å². The third-order valence-electron chi connectivity index (χ3n) is 2.99. The van der Waals surface area contributed by atoms with Crippen molar-refractivity contribution in [3.63, 3.8) is 0 Å². The molecule has 1 atom stereocenters. The second kappa shape index (κ2) is 5.27. The van der Waals surface area contributed by atoms with E-state index in [1.165, 1.54) is 0 Å². The first-order valence-corrected chi connectivity index (χ1v) is 6.11. The van der Waals surface area contributed by atoms with Gasteiger partial charge in [-0.15, -0.1) is 0 Å². The number of hydrogen-bond donors (Lipinski definition) is 1. The van der Waals surface area contributed by atoms with Gasteiger partial charge in [0.15, 0.2) is 0 Å². The van der Waals surface area contributed by atoms with Gasteiger partial charge in [0, 0.05) is 18.3 Å². The second-order valence-electron chi connectivity index (χ2n) is 4.60. The molecular weight excluding hydrogens is 226 g/mol. The Morgan fingerprint density at radius 2 is 1.94 bits per heavy atom. The Bertz CT molecular complexity index is 517. The lowest BCUT2D eigenvalue weighted by Crippen LogP contribution is -2.18. The molecule has 0 radical (unpaired) electrons. The minimum Gasteiger partial charge on any atom is -0.464 e. The van der Waals surface area contributed by atoms with E-state index in [2.05, 4.69) is 4.90 Å². The Labute approximate surface area is 108 Å². The predicted molar refractivity (Wildman–Crippen MR) is 72.6 cm³/mol. The van der Waals surface area contributed by atoms with Gasteiger partial charge in [-0.05, 0) is 32.0 Å². The van der Waals surface area contributed by atoms with E-state index < -0.39 is 6.10 Å². The average Bonchev–Trinajstić information content (AvgIpc) is 2.74. The highest BCUT2D eigenvalue weighted by molar-refractivity contribution is 5.54. The number of rotatable bonds is 4. The summed E-state index contributed by atoms with van der Waals surface area (Å²) < 4.78 is 5.57. The number of aliphatic hydroxyl groups excluding tert-OH is 1. The fraction of sp³-hybridized carbons (Fsp3) is 0.333. The lowest BCUT2D eigenvalue weighted by atomic mass is 10.1. The zero-order chi connectivity index (χ0) is 13.1. The van der Waals surface area contributed by atoms with Crippen LogP contribution in [0.1, 0.15) is 30.1 Å². The van der Waals surface area contributed by atoms with E-state index in [0.717, 1.165) is 22.8 Å². The number of aryl methyl sites for hydroxylation is 1. The number of nitrogens with zero attached hydrogens (tertiary/aromatic N) is 1. The maximum Gasteiger partial charge on any atom is 0.123 e. The molecule has 0 bridgehead atoms.